The average Bonchev–Trinajstić information content (AvgIpc) is 3.24. The molecule has 54 heavy (non-hydrogen) atoms. The second-order valence-electron chi connectivity index (χ2n) is 13.0. The Bertz CT molecular complexity index is 137. The summed E-state index contributed by atoms with van der Waals surface area (Å²) in [5.74, 6) is 0. The third kappa shape index (κ3) is 690. The van der Waals surface area contributed by atoms with E-state index in [9.17, 15) is 0 Å². The molecule has 342 valence electrons. The van der Waals surface area contributed by atoms with Crippen LogP contribution in [0.15, 0.2) is 0 Å². The van der Waals surface area contributed by atoms with Crippen molar-refractivity contribution < 1.29 is 0 Å². The summed E-state index contributed by atoms with van der Waals surface area (Å²) < 4.78 is 0. The third-order valence-corrected chi connectivity index (χ3v) is 6.50. The Morgan fingerprint density at radius 1 is 0.111 bits per heavy atom. The van der Waals surface area contributed by atoms with Gasteiger partial charge >= 0.3 is 0 Å². The molecule has 0 amide bonds. The molecule has 2 heteroatoms. The van der Waals surface area contributed by atoms with Crippen molar-refractivity contribution in [3.8, 4) is 0 Å². The molecular formula is C52H130BK. The summed E-state index contributed by atoms with van der Waals surface area (Å²) in [7, 11) is 0. The molecule has 0 atom stereocenters. The van der Waals surface area contributed by atoms with E-state index in [0.717, 1.165) is 0 Å². The van der Waals surface area contributed by atoms with Crippen LogP contribution in [-0.2, 0) is 0 Å². The molecule has 0 aliphatic rings. The van der Waals surface area contributed by atoms with Crippen molar-refractivity contribution in [3.05, 3.63) is 0 Å². The second kappa shape index (κ2) is 206. The van der Waals surface area contributed by atoms with E-state index < -0.39 is 0 Å². The van der Waals surface area contributed by atoms with Crippen LogP contribution in [0, 0.1) is 0 Å². The molecular weight excluding hydrogens is 674 g/mol. The molecule has 0 bridgehead atoms. The zero-order valence-electron chi connectivity index (χ0n) is 46.0. The van der Waals surface area contributed by atoms with Crippen molar-refractivity contribution in [2.75, 3.05) is 0 Å². The number of hydrogen-bond donors (Lipinski definition) is 0. The second-order valence-corrected chi connectivity index (χ2v) is 13.0. The Morgan fingerprint density at radius 2 is 0.130 bits per heavy atom. The molecule has 0 heterocycles. The largest absolute Gasteiger partial charge is 0.0654 e. The fraction of sp³-hybridized carbons (Fsp3) is 1.00. The van der Waals surface area contributed by atoms with Crippen LogP contribution in [0.5, 0.6) is 0 Å². The van der Waals surface area contributed by atoms with Gasteiger partial charge in [0.05, 0.1) is 0 Å². The predicted octanol–water partition coefficient (Wildman–Crippen LogP) is 22.7. The number of rotatable bonds is 13. The number of hydrogen-bond acceptors (Lipinski definition) is 0. The van der Waals surface area contributed by atoms with Gasteiger partial charge in [0.1, 0.15) is 0 Å². The van der Waals surface area contributed by atoms with E-state index in [1.54, 1.807) is 0 Å². The summed E-state index contributed by atoms with van der Waals surface area (Å²) >= 11 is 0. The minimum atomic E-state index is 0. The first-order chi connectivity index (χ1) is 24.9. The molecule has 4 radical (unpaired) electrons. The molecule has 0 aliphatic heterocycles. The molecule has 0 saturated heterocycles. The summed E-state index contributed by atoms with van der Waals surface area (Å²) in [6.45, 7) is 56.7. The molecule has 0 aromatic rings. The maximum absolute atomic E-state index is 2.18. The van der Waals surface area contributed by atoms with Gasteiger partial charge in [-0.05, 0) is 0 Å². The summed E-state index contributed by atoms with van der Waals surface area (Å²) in [6, 6.07) is 0. The summed E-state index contributed by atoms with van der Waals surface area (Å²) in [5.41, 5.74) is 0. The van der Waals surface area contributed by atoms with Crippen molar-refractivity contribution in [2.24, 2.45) is 0 Å². The van der Waals surface area contributed by atoms with E-state index in [1.165, 1.54) is 167 Å². The first-order valence-electron chi connectivity index (χ1n) is 24.9. The van der Waals surface area contributed by atoms with Gasteiger partial charge in [-0.15, -0.1) is 0 Å². The van der Waals surface area contributed by atoms with E-state index in [4.69, 9.17) is 0 Å². The molecule has 0 aliphatic carbocycles. The standard InChI is InChI=1S/13C4H10.B.K/c13*1-3-4-2;;/h13*3-4H2,1-2H3;;. The Labute approximate surface area is 403 Å². The van der Waals surface area contributed by atoms with Gasteiger partial charge < -0.3 is 0 Å². The first kappa shape index (κ1) is 101. The van der Waals surface area contributed by atoms with Gasteiger partial charge in [0.25, 0.3) is 0 Å². The smallest absolute Gasteiger partial charge is 0 e. The average molecular weight is 806 g/mol. The van der Waals surface area contributed by atoms with Crippen LogP contribution in [0.1, 0.15) is 347 Å². The van der Waals surface area contributed by atoms with Crippen LogP contribution in [0.4, 0.5) is 0 Å². The monoisotopic (exact) mass is 805 g/mol. The van der Waals surface area contributed by atoms with Crippen molar-refractivity contribution in [1.29, 1.82) is 0 Å². The Kier molecular flexibility index (Phi) is 383. The van der Waals surface area contributed by atoms with E-state index >= 15 is 0 Å². The normalized spacial score (nSPS) is 7.22. The van der Waals surface area contributed by atoms with Crippen molar-refractivity contribution in [2.45, 2.75) is 347 Å². The van der Waals surface area contributed by atoms with E-state index in [0.29, 0.717) is 0 Å². The zero-order chi connectivity index (χ0) is 44.4. The molecule has 0 saturated carbocycles. The molecule has 0 aromatic heterocycles. The van der Waals surface area contributed by atoms with E-state index in [1.807, 2.05) is 0 Å². The first-order valence-corrected chi connectivity index (χ1v) is 24.9. The predicted molar refractivity (Wildman–Crippen MR) is 279 cm³/mol. The maximum atomic E-state index is 2.18. The van der Waals surface area contributed by atoms with Gasteiger partial charge in [0.2, 0.25) is 0 Å². The molecule has 0 nitrogen and oxygen atoms in total. The zero-order valence-corrected chi connectivity index (χ0v) is 49.1. The maximum Gasteiger partial charge on any atom is 0 e. The van der Waals surface area contributed by atoms with Crippen LogP contribution in [0.2, 0.25) is 0 Å². The molecule has 0 rings (SSSR count). The van der Waals surface area contributed by atoms with Crippen molar-refractivity contribution in [3.63, 3.8) is 0 Å². The van der Waals surface area contributed by atoms with Crippen LogP contribution < -0.4 is 0 Å². The molecule has 0 N–H and O–H groups in total. The third-order valence-electron chi connectivity index (χ3n) is 6.50. The van der Waals surface area contributed by atoms with E-state index in [-0.39, 0.29) is 59.8 Å². The fourth-order valence-corrected chi connectivity index (χ4v) is 0. The Morgan fingerprint density at radius 3 is 0.130 bits per heavy atom. The van der Waals surface area contributed by atoms with Crippen LogP contribution in [-0.4, -0.2) is 59.8 Å². The molecule has 0 spiro atoms. The van der Waals surface area contributed by atoms with Crippen molar-refractivity contribution >= 4 is 59.8 Å². The summed E-state index contributed by atoms with van der Waals surface area (Å²) in [4.78, 5) is 0. The Balaban J connectivity index is -0.0000000234. The fourth-order valence-electron chi connectivity index (χ4n) is 0. The topological polar surface area (TPSA) is 0 Å². The molecule has 0 aromatic carbocycles. The minimum absolute atomic E-state index is 0. The number of unbranched alkanes of at least 4 members (excludes halogenated alkanes) is 13. The molecule has 0 unspecified atom stereocenters. The van der Waals surface area contributed by atoms with Crippen LogP contribution >= 0.6 is 0 Å². The quantitative estimate of drug-likeness (QED) is 0.163. The van der Waals surface area contributed by atoms with Gasteiger partial charge in [-0.25, -0.2) is 0 Å². The van der Waals surface area contributed by atoms with Gasteiger partial charge in [0, 0.05) is 59.8 Å². The Hall–Kier alpha value is 1.70. The van der Waals surface area contributed by atoms with E-state index in [2.05, 4.69) is 180 Å². The van der Waals surface area contributed by atoms with Gasteiger partial charge in [-0.3, -0.25) is 0 Å². The molecule has 0 fully saturated rings. The van der Waals surface area contributed by atoms with Crippen LogP contribution in [0.25, 0.3) is 0 Å². The van der Waals surface area contributed by atoms with Crippen LogP contribution in [0.3, 0.4) is 0 Å². The summed E-state index contributed by atoms with van der Waals surface area (Å²) in [5, 5.41) is 0. The SMILES string of the molecule is CCCC.CCCC.CCCC.CCCC.CCCC.CCCC.CCCC.CCCC.CCCC.CCCC.CCCC.CCCC.CCCC.[B].[K]. The van der Waals surface area contributed by atoms with Gasteiger partial charge in [-0.1, -0.05) is 347 Å². The summed E-state index contributed by atoms with van der Waals surface area (Å²) in [6.07, 6.45) is 34.3. The van der Waals surface area contributed by atoms with Crippen molar-refractivity contribution in [1.82, 2.24) is 0 Å². The minimum Gasteiger partial charge on any atom is -0.0654 e. The van der Waals surface area contributed by atoms with Gasteiger partial charge in [-0.2, -0.15) is 0 Å². The van der Waals surface area contributed by atoms with Gasteiger partial charge in [0.15, 0.2) is 0 Å².